The number of thiophene rings is 1. The van der Waals surface area contributed by atoms with Crippen molar-refractivity contribution in [1.82, 2.24) is 15.5 Å². The van der Waals surface area contributed by atoms with Crippen LogP contribution in [0.5, 0.6) is 0 Å². The second-order valence-corrected chi connectivity index (χ2v) is 6.76. The quantitative estimate of drug-likeness (QED) is 0.584. The van der Waals surface area contributed by atoms with Crippen LogP contribution in [0.4, 0.5) is 0 Å². The van der Waals surface area contributed by atoms with Crippen LogP contribution in [0.2, 0.25) is 0 Å². The summed E-state index contributed by atoms with van der Waals surface area (Å²) >= 11 is 1.58. The van der Waals surface area contributed by atoms with Gasteiger partial charge in [0.25, 0.3) is 11.5 Å². The molecule has 0 spiro atoms. The van der Waals surface area contributed by atoms with E-state index in [-0.39, 0.29) is 23.2 Å². The van der Waals surface area contributed by atoms with Crippen LogP contribution in [0.3, 0.4) is 0 Å². The highest BCUT2D eigenvalue weighted by molar-refractivity contribution is 7.10. The molecule has 128 valence electrons. The number of amides is 1. The Bertz CT molecular complexity index is 1100. The minimum absolute atomic E-state index is 0.206. The van der Waals surface area contributed by atoms with Crippen LogP contribution in [0.15, 0.2) is 76.9 Å². The fourth-order valence-corrected chi connectivity index (χ4v) is 3.71. The lowest BCUT2D eigenvalue weighted by Gasteiger charge is -2.18. The number of aromatic amines is 1. The first-order chi connectivity index (χ1) is 12.7. The zero-order valence-electron chi connectivity index (χ0n) is 13.7. The fourth-order valence-electron chi connectivity index (χ4n) is 2.91. The molecule has 6 heteroatoms. The summed E-state index contributed by atoms with van der Waals surface area (Å²) in [6.07, 6.45) is 0. The van der Waals surface area contributed by atoms with Gasteiger partial charge in [-0.25, -0.2) is 5.10 Å². The summed E-state index contributed by atoms with van der Waals surface area (Å²) in [5, 5.41) is 12.4. The Hall–Kier alpha value is -3.25. The first-order valence-corrected chi connectivity index (χ1v) is 8.98. The van der Waals surface area contributed by atoms with Gasteiger partial charge in [-0.05, 0) is 23.1 Å². The van der Waals surface area contributed by atoms with Gasteiger partial charge in [-0.2, -0.15) is 5.10 Å². The molecule has 4 rings (SSSR count). The standard InChI is InChI=1S/C20H15N3O2S/c24-19-15-10-5-4-9-14(15)18(22-23-19)20(25)21-17(16-11-6-12-26-16)13-7-2-1-3-8-13/h1-12,17H,(H,21,25)(H,23,24). The summed E-state index contributed by atoms with van der Waals surface area (Å²) in [5.74, 6) is -0.334. The van der Waals surface area contributed by atoms with E-state index >= 15 is 0 Å². The number of nitrogens with zero attached hydrogens (tertiary/aromatic N) is 1. The Kier molecular flexibility index (Phi) is 4.33. The maximum absolute atomic E-state index is 13.0. The van der Waals surface area contributed by atoms with Crippen LogP contribution >= 0.6 is 11.3 Å². The fraction of sp³-hybridized carbons (Fsp3) is 0.0500. The molecular formula is C20H15N3O2S. The number of rotatable bonds is 4. The molecule has 2 heterocycles. The maximum atomic E-state index is 13.0. The van der Waals surface area contributed by atoms with E-state index in [1.165, 1.54) is 0 Å². The van der Waals surface area contributed by atoms with E-state index in [1.54, 1.807) is 35.6 Å². The summed E-state index contributed by atoms with van der Waals surface area (Å²) in [6.45, 7) is 0. The molecule has 2 aromatic carbocycles. The summed E-state index contributed by atoms with van der Waals surface area (Å²) in [7, 11) is 0. The molecule has 0 fully saturated rings. The van der Waals surface area contributed by atoms with Crippen molar-refractivity contribution >= 4 is 28.0 Å². The van der Waals surface area contributed by atoms with Crippen LogP contribution in [-0.4, -0.2) is 16.1 Å². The van der Waals surface area contributed by atoms with Crippen molar-refractivity contribution in [2.75, 3.05) is 0 Å². The Morgan fingerprint density at radius 2 is 1.69 bits per heavy atom. The first-order valence-electron chi connectivity index (χ1n) is 8.10. The third-order valence-corrected chi connectivity index (χ3v) is 5.08. The van der Waals surface area contributed by atoms with E-state index in [1.807, 2.05) is 47.8 Å². The van der Waals surface area contributed by atoms with Crippen LogP contribution in [0, 0.1) is 0 Å². The van der Waals surface area contributed by atoms with E-state index in [2.05, 4.69) is 15.5 Å². The van der Waals surface area contributed by atoms with Gasteiger partial charge in [-0.3, -0.25) is 9.59 Å². The maximum Gasteiger partial charge on any atom is 0.273 e. The molecule has 1 unspecified atom stereocenters. The molecule has 1 amide bonds. The van der Waals surface area contributed by atoms with Crippen molar-refractivity contribution < 1.29 is 4.79 Å². The third kappa shape index (κ3) is 3.02. The van der Waals surface area contributed by atoms with Gasteiger partial charge >= 0.3 is 0 Å². The Balaban J connectivity index is 1.74. The number of fused-ring (bicyclic) bond motifs is 1. The van der Waals surface area contributed by atoms with Crippen molar-refractivity contribution in [1.29, 1.82) is 0 Å². The molecule has 2 N–H and O–H groups in total. The lowest BCUT2D eigenvalue weighted by Crippen LogP contribution is -2.30. The second-order valence-electron chi connectivity index (χ2n) is 5.78. The summed E-state index contributed by atoms with van der Waals surface area (Å²) in [6, 6.07) is 20.4. The van der Waals surface area contributed by atoms with E-state index in [4.69, 9.17) is 0 Å². The van der Waals surface area contributed by atoms with Crippen LogP contribution in [0.1, 0.15) is 27.0 Å². The molecule has 0 radical (unpaired) electrons. The van der Waals surface area contributed by atoms with Gasteiger partial charge in [0.05, 0.1) is 11.4 Å². The number of nitrogens with one attached hydrogen (secondary N) is 2. The summed E-state index contributed by atoms with van der Waals surface area (Å²) in [4.78, 5) is 25.9. The number of H-pyrrole nitrogens is 1. The largest absolute Gasteiger partial charge is 0.339 e. The van der Waals surface area contributed by atoms with Crippen LogP contribution in [-0.2, 0) is 0 Å². The van der Waals surface area contributed by atoms with E-state index in [9.17, 15) is 9.59 Å². The average molecular weight is 361 g/mol. The van der Waals surface area contributed by atoms with Crippen molar-refractivity contribution in [3.05, 3.63) is 98.6 Å². The van der Waals surface area contributed by atoms with Gasteiger partial charge in [0.2, 0.25) is 0 Å². The van der Waals surface area contributed by atoms with Crippen LogP contribution < -0.4 is 10.9 Å². The Labute approximate surface area is 153 Å². The smallest absolute Gasteiger partial charge is 0.273 e. The van der Waals surface area contributed by atoms with Gasteiger partial charge < -0.3 is 5.32 Å². The molecule has 4 aromatic rings. The zero-order chi connectivity index (χ0) is 17.9. The number of aromatic nitrogens is 2. The van der Waals surface area contributed by atoms with E-state index in [0.29, 0.717) is 10.8 Å². The average Bonchev–Trinajstić information content (AvgIpc) is 3.21. The second kappa shape index (κ2) is 6.93. The number of carbonyl (C=O) groups is 1. The normalized spacial score (nSPS) is 12.0. The molecule has 0 saturated heterocycles. The molecule has 5 nitrogen and oxygen atoms in total. The lowest BCUT2D eigenvalue weighted by molar-refractivity contribution is 0.0939. The van der Waals surface area contributed by atoms with Gasteiger partial charge in [0.1, 0.15) is 0 Å². The molecule has 0 bridgehead atoms. The predicted octanol–water partition coefficient (Wildman–Crippen LogP) is 3.50. The first kappa shape index (κ1) is 16.2. The van der Waals surface area contributed by atoms with E-state index in [0.717, 1.165) is 10.4 Å². The summed E-state index contributed by atoms with van der Waals surface area (Å²) < 4.78 is 0. The number of hydrogen-bond acceptors (Lipinski definition) is 4. The predicted molar refractivity (Wildman–Crippen MR) is 102 cm³/mol. The number of carbonyl (C=O) groups excluding carboxylic acids is 1. The van der Waals surface area contributed by atoms with Gasteiger partial charge in [-0.15, -0.1) is 11.3 Å². The highest BCUT2D eigenvalue weighted by Gasteiger charge is 2.21. The molecule has 0 aliphatic rings. The Morgan fingerprint density at radius 1 is 0.962 bits per heavy atom. The van der Waals surface area contributed by atoms with Crippen LogP contribution in [0.25, 0.3) is 10.8 Å². The molecule has 0 aliphatic carbocycles. The molecule has 0 saturated carbocycles. The SMILES string of the molecule is O=C(NC(c1ccccc1)c1cccs1)c1n[nH]c(=O)c2ccccc12. The molecule has 26 heavy (non-hydrogen) atoms. The monoisotopic (exact) mass is 361 g/mol. The van der Waals surface area contributed by atoms with Crippen molar-refractivity contribution in [2.45, 2.75) is 6.04 Å². The van der Waals surface area contributed by atoms with Crippen molar-refractivity contribution in [3.63, 3.8) is 0 Å². The number of benzene rings is 2. The lowest BCUT2D eigenvalue weighted by atomic mass is 10.0. The molecular weight excluding hydrogens is 346 g/mol. The molecule has 1 atom stereocenters. The topological polar surface area (TPSA) is 74.8 Å². The Morgan fingerprint density at radius 3 is 2.42 bits per heavy atom. The highest BCUT2D eigenvalue weighted by atomic mass is 32.1. The van der Waals surface area contributed by atoms with E-state index < -0.39 is 0 Å². The van der Waals surface area contributed by atoms with Gasteiger partial charge in [0.15, 0.2) is 5.69 Å². The van der Waals surface area contributed by atoms with Gasteiger partial charge in [0, 0.05) is 10.3 Å². The van der Waals surface area contributed by atoms with Gasteiger partial charge in [-0.1, -0.05) is 54.6 Å². The number of hydrogen-bond donors (Lipinski definition) is 2. The summed E-state index contributed by atoms with van der Waals surface area (Å²) in [5.41, 5.74) is 0.879. The third-order valence-electron chi connectivity index (χ3n) is 4.15. The molecule has 2 aromatic heterocycles. The zero-order valence-corrected chi connectivity index (χ0v) is 14.5. The minimum Gasteiger partial charge on any atom is -0.339 e. The van der Waals surface area contributed by atoms with Crippen molar-refractivity contribution in [3.8, 4) is 0 Å². The highest BCUT2D eigenvalue weighted by Crippen LogP contribution is 2.26. The van der Waals surface area contributed by atoms with Crippen molar-refractivity contribution in [2.24, 2.45) is 0 Å². The molecule has 0 aliphatic heterocycles. The minimum atomic E-state index is -0.334.